The van der Waals surface area contributed by atoms with Gasteiger partial charge in [0.25, 0.3) is 5.56 Å². The van der Waals surface area contributed by atoms with Crippen LogP contribution in [0.4, 0.5) is 0 Å². The van der Waals surface area contributed by atoms with Crippen molar-refractivity contribution in [3.8, 4) is 0 Å². The normalized spacial score (nSPS) is 26.7. The molecule has 0 spiro atoms. The number of nitrogens with zero attached hydrogens (tertiary/aromatic N) is 4. The average molecular weight is 409 g/mol. The number of amides is 1. The van der Waals surface area contributed by atoms with E-state index in [9.17, 15) is 9.59 Å². The molecule has 0 N–H and O–H groups in total. The molecule has 1 amide bonds. The van der Waals surface area contributed by atoms with Crippen LogP contribution in [0.5, 0.6) is 0 Å². The molecule has 5 heterocycles. The van der Waals surface area contributed by atoms with Gasteiger partial charge in [0.2, 0.25) is 5.91 Å². The maximum Gasteiger partial charge on any atom is 0.251 e. The van der Waals surface area contributed by atoms with Gasteiger partial charge in [-0.3, -0.25) is 24.0 Å². The Kier molecular flexibility index (Phi) is 5.39. The van der Waals surface area contributed by atoms with E-state index >= 15 is 0 Å². The number of carbonyl (C=O) groups is 1. The molecular weight excluding hydrogens is 380 g/mol. The Morgan fingerprint density at radius 1 is 1.13 bits per heavy atom. The second kappa shape index (κ2) is 8.32. The minimum atomic E-state index is -0.431. The Labute approximate surface area is 176 Å². The summed E-state index contributed by atoms with van der Waals surface area (Å²) in [7, 11) is 0. The van der Waals surface area contributed by atoms with Crippen molar-refractivity contribution in [2.45, 2.75) is 31.3 Å². The fourth-order valence-electron chi connectivity index (χ4n) is 5.38. The summed E-state index contributed by atoms with van der Waals surface area (Å²) in [6.07, 6.45) is 5.49. The Hall–Kier alpha value is -2.51. The van der Waals surface area contributed by atoms with E-state index in [1.54, 1.807) is 16.8 Å². The highest BCUT2D eigenvalue weighted by atomic mass is 16.5. The number of piperidine rings is 1. The van der Waals surface area contributed by atoms with Crippen molar-refractivity contribution in [3.05, 3.63) is 64.3 Å². The minimum absolute atomic E-state index is 0.0627. The van der Waals surface area contributed by atoms with Crippen molar-refractivity contribution in [1.82, 2.24) is 19.4 Å². The van der Waals surface area contributed by atoms with Crippen molar-refractivity contribution >= 4 is 5.91 Å². The van der Waals surface area contributed by atoms with Crippen molar-refractivity contribution in [1.29, 1.82) is 0 Å². The van der Waals surface area contributed by atoms with Crippen molar-refractivity contribution in [2.24, 2.45) is 5.92 Å². The first-order valence-corrected chi connectivity index (χ1v) is 10.9. The third-order valence-corrected chi connectivity index (χ3v) is 6.64. The van der Waals surface area contributed by atoms with Gasteiger partial charge in [-0.25, -0.2) is 0 Å². The Morgan fingerprint density at radius 2 is 2.07 bits per heavy atom. The third kappa shape index (κ3) is 3.68. The minimum Gasteiger partial charge on any atom is -0.380 e. The first-order valence-electron chi connectivity index (χ1n) is 10.9. The van der Waals surface area contributed by atoms with Crippen LogP contribution in [-0.2, 0) is 16.1 Å². The van der Waals surface area contributed by atoms with Crippen LogP contribution in [0.2, 0.25) is 0 Å². The quantitative estimate of drug-likeness (QED) is 0.773. The van der Waals surface area contributed by atoms with Crippen LogP contribution in [0.1, 0.15) is 36.1 Å². The van der Waals surface area contributed by atoms with Crippen molar-refractivity contribution < 1.29 is 9.53 Å². The Morgan fingerprint density at radius 3 is 2.93 bits per heavy atom. The maximum absolute atomic E-state index is 13.7. The molecule has 5 rings (SSSR count). The summed E-state index contributed by atoms with van der Waals surface area (Å²) in [6.45, 7) is 5.07. The van der Waals surface area contributed by atoms with Crippen LogP contribution in [0.15, 0.2) is 47.5 Å². The zero-order valence-corrected chi connectivity index (χ0v) is 17.2. The van der Waals surface area contributed by atoms with E-state index in [2.05, 4.69) is 16.0 Å². The number of hydrogen-bond donors (Lipinski definition) is 0. The van der Waals surface area contributed by atoms with Crippen LogP contribution in [0.25, 0.3) is 0 Å². The predicted molar refractivity (Wildman–Crippen MR) is 112 cm³/mol. The third-order valence-electron chi connectivity index (χ3n) is 6.64. The highest BCUT2D eigenvalue weighted by molar-refractivity contribution is 5.81. The molecule has 2 aromatic heterocycles. The second-order valence-electron chi connectivity index (χ2n) is 8.64. The standard InChI is InChI=1S/C23H28N4O3/c28-21-6-1-5-20-18-12-19(16-25(15-18)14-17-4-2-7-24-13-17)22(27(20)21)23(29)26-8-3-10-30-11-9-26/h1-2,4-7,13,18-19,22H,3,8-12,14-16H2/t18-,19+,22-/m1/s1. The average Bonchev–Trinajstić information content (AvgIpc) is 3.05. The lowest BCUT2D eigenvalue weighted by atomic mass is 9.77. The van der Waals surface area contributed by atoms with Crippen LogP contribution in [-0.4, -0.2) is 64.7 Å². The molecule has 3 aliphatic rings. The zero-order valence-electron chi connectivity index (χ0n) is 17.2. The molecule has 0 radical (unpaired) electrons. The summed E-state index contributed by atoms with van der Waals surface area (Å²) < 4.78 is 7.34. The molecule has 7 nitrogen and oxygen atoms in total. The van der Waals surface area contributed by atoms with Gasteiger partial charge in [0.15, 0.2) is 0 Å². The largest absolute Gasteiger partial charge is 0.380 e. The van der Waals surface area contributed by atoms with E-state index < -0.39 is 6.04 Å². The summed E-state index contributed by atoms with van der Waals surface area (Å²) in [5, 5.41) is 0. The van der Waals surface area contributed by atoms with Gasteiger partial charge in [0, 0.05) is 75.3 Å². The van der Waals surface area contributed by atoms with Gasteiger partial charge >= 0.3 is 0 Å². The molecule has 3 atom stereocenters. The highest BCUT2D eigenvalue weighted by Crippen LogP contribution is 2.42. The van der Waals surface area contributed by atoms with Crippen LogP contribution in [0, 0.1) is 5.92 Å². The van der Waals surface area contributed by atoms with E-state index in [1.165, 1.54) is 5.56 Å². The first kappa shape index (κ1) is 19.5. The molecule has 158 valence electrons. The molecule has 0 aromatic carbocycles. The lowest BCUT2D eigenvalue weighted by Crippen LogP contribution is -2.54. The fraction of sp³-hybridized carbons (Fsp3) is 0.522. The lowest BCUT2D eigenvalue weighted by molar-refractivity contribution is -0.138. The van der Waals surface area contributed by atoms with Gasteiger partial charge in [0.1, 0.15) is 6.04 Å². The van der Waals surface area contributed by atoms with Crippen LogP contribution < -0.4 is 5.56 Å². The van der Waals surface area contributed by atoms with Crippen LogP contribution >= 0.6 is 0 Å². The van der Waals surface area contributed by atoms with Crippen LogP contribution in [0.3, 0.4) is 0 Å². The number of fused-ring (bicyclic) bond motifs is 4. The van der Waals surface area contributed by atoms with E-state index in [0.717, 1.165) is 38.2 Å². The molecule has 2 bridgehead atoms. The number of pyridine rings is 2. The van der Waals surface area contributed by atoms with E-state index in [1.807, 2.05) is 29.3 Å². The molecule has 2 saturated heterocycles. The monoisotopic (exact) mass is 408 g/mol. The van der Waals surface area contributed by atoms with Crippen molar-refractivity contribution in [2.75, 3.05) is 39.4 Å². The summed E-state index contributed by atoms with van der Waals surface area (Å²) in [5.41, 5.74) is 2.11. The molecule has 2 aromatic rings. The summed E-state index contributed by atoms with van der Waals surface area (Å²) in [5.74, 6) is 0.470. The number of hydrogen-bond acceptors (Lipinski definition) is 5. The Bertz CT molecular complexity index is 952. The zero-order chi connectivity index (χ0) is 20.5. The molecule has 0 unspecified atom stereocenters. The summed E-state index contributed by atoms with van der Waals surface area (Å²) in [4.78, 5) is 35.1. The number of rotatable bonds is 3. The number of likely N-dealkylation sites (tertiary alicyclic amines) is 1. The topological polar surface area (TPSA) is 67.7 Å². The van der Waals surface area contributed by atoms with E-state index in [4.69, 9.17) is 4.74 Å². The number of ether oxygens (including phenoxy) is 1. The highest BCUT2D eigenvalue weighted by Gasteiger charge is 2.44. The van der Waals surface area contributed by atoms with E-state index in [-0.39, 0.29) is 23.3 Å². The Balaban J connectivity index is 1.47. The number of carbonyl (C=O) groups excluding carboxylic acids is 1. The van der Waals surface area contributed by atoms with E-state index in [0.29, 0.717) is 26.3 Å². The molecule has 0 aliphatic carbocycles. The molecule has 3 aliphatic heterocycles. The van der Waals surface area contributed by atoms with Gasteiger partial charge in [-0.2, -0.15) is 0 Å². The fourth-order valence-corrected chi connectivity index (χ4v) is 5.38. The van der Waals surface area contributed by atoms with Crippen molar-refractivity contribution in [3.63, 3.8) is 0 Å². The number of aromatic nitrogens is 2. The van der Waals surface area contributed by atoms with Gasteiger partial charge in [0.05, 0.1) is 6.61 Å². The molecular formula is C23H28N4O3. The smallest absolute Gasteiger partial charge is 0.251 e. The molecule has 0 saturated carbocycles. The SMILES string of the molecule is O=C([C@H]1[C@H]2C[C@H](CN(Cc3cccnc3)C2)c2cccc(=O)n21)N1CCCOCC1. The van der Waals surface area contributed by atoms with Gasteiger partial charge in [-0.15, -0.1) is 0 Å². The summed E-state index contributed by atoms with van der Waals surface area (Å²) >= 11 is 0. The summed E-state index contributed by atoms with van der Waals surface area (Å²) in [6, 6.07) is 9.07. The lowest BCUT2D eigenvalue weighted by Gasteiger charge is -2.47. The second-order valence-corrected chi connectivity index (χ2v) is 8.64. The maximum atomic E-state index is 13.7. The van der Waals surface area contributed by atoms with Gasteiger partial charge in [-0.1, -0.05) is 12.1 Å². The molecule has 2 fully saturated rings. The predicted octanol–water partition coefficient (Wildman–Crippen LogP) is 1.65. The molecule has 30 heavy (non-hydrogen) atoms. The van der Waals surface area contributed by atoms with Gasteiger partial charge < -0.3 is 9.64 Å². The van der Waals surface area contributed by atoms with Gasteiger partial charge in [-0.05, 0) is 30.5 Å². The molecule has 7 heteroatoms. The first-order chi connectivity index (χ1) is 14.7.